The van der Waals surface area contributed by atoms with Gasteiger partial charge in [0.25, 0.3) is 5.56 Å². The lowest BCUT2D eigenvalue weighted by atomic mass is 10.0. The average molecular weight is 365 g/mol. The monoisotopic (exact) mass is 364 g/mol. The summed E-state index contributed by atoms with van der Waals surface area (Å²) < 4.78 is 15.3. The summed E-state index contributed by atoms with van der Waals surface area (Å²) in [6.07, 6.45) is 0. The maximum Gasteiger partial charge on any atom is 0.267 e. The van der Waals surface area contributed by atoms with Gasteiger partial charge in [0, 0.05) is 22.2 Å². The number of hydrogen-bond donors (Lipinski definition) is 0. The first-order valence-electron chi connectivity index (χ1n) is 8.13. The van der Waals surface area contributed by atoms with Crippen molar-refractivity contribution in [3.8, 4) is 11.3 Å². The van der Waals surface area contributed by atoms with E-state index in [4.69, 9.17) is 11.6 Å². The van der Waals surface area contributed by atoms with Gasteiger partial charge in [0.15, 0.2) is 0 Å². The van der Waals surface area contributed by atoms with Gasteiger partial charge in [-0.3, -0.25) is 4.79 Å². The summed E-state index contributed by atoms with van der Waals surface area (Å²) in [5.41, 5.74) is 1.50. The predicted octanol–water partition coefficient (Wildman–Crippen LogP) is 4.90. The molecule has 0 radical (unpaired) electrons. The van der Waals surface area contributed by atoms with Gasteiger partial charge in [-0.25, -0.2) is 9.07 Å². The molecular formula is C21H14ClFN2O. The Hall–Kier alpha value is -2.98. The predicted molar refractivity (Wildman–Crippen MR) is 102 cm³/mol. The van der Waals surface area contributed by atoms with Crippen LogP contribution in [0.1, 0.15) is 5.56 Å². The van der Waals surface area contributed by atoms with Crippen LogP contribution in [0.2, 0.25) is 5.02 Å². The minimum absolute atomic E-state index is 0.0249. The third-order valence-corrected chi connectivity index (χ3v) is 4.66. The van der Waals surface area contributed by atoms with Crippen molar-refractivity contribution in [2.45, 2.75) is 6.54 Å². The Morgan fingerprint density at radius 1 is 0.923 bits per heavy atom. The Bertz CT molecular complexity index is 1140. The smallest absolute Gasteiger partial charge is 0.267 e. The molecule has 0 amide bonds. The van der Waals surface area contributed by atoms with E-state index in [1.54, 1.807) is 12.1 Å². The van der Waals surface area contributed by atoms with E-state index in [0.717, 1.165) is 16.3 Å². The molecule has 0 aliphatic rings. The van der Waals surface area contributed by atoms with Crippen molar-refractivity contribution >= 4 is 22.4 Å². The van der Waals surface area contributed by atoms with Crippen LogP contribution in [0.3, 0.4) is 0 Å². The average Bonchev–Trinajstić information content (AvgIpc) is 2.66. The van der Waals surface area contributed by atoms with E-state index in [0.29, 0.717) is 5.69 Å². The van der Waals surface area contributed by atoms with Gasteiger partial charge in [-0.2, -0.15) is 5.10 Å². The van der Waals surface area contributed by atoms with Crippen molar-refractivity contribution in [2.24, 2.45) is 0 Å². The van der Waals surface area contributed by atoms with Crippen LogP contribution >= 0.6 is 11.6 Å². The zero-order valence-electron chi connectivity index (χ0n) is 13.7. The Kier molecular flexibility index (Phi) is 4.27. The molecule has 0 aliphatic carbocycles. The van der Waals surface area contributed by atoms with Crippen LogP contribution in [-0.4, -0.2) is 9.78 Å². The van der Waals surface area contributed by atoms with Gasteiger partial charge >= 0.3 is 0 Å². The van der Waals surface area contributed by atoms with Gasteiger partial charge in [-0.15, -0.1) is 0 Å². The zero-order valence-corrected chi connectivity index (χ0v) is 14.4. The van der Waals surface area contributed by atoms with Crippen molar-refractivity contribution < 1.29 is 4.39 Å². The molecule has 0 unspecified atom stereocenters. The minimum atomic E-state index is -0.457. The summed E-state index contributed by atoms with van der Waals surface area (Å²) in [4.78, 5) is 12.2. The van der Waals surface area contributed by atoms with Crippen LogP contribution in [0.5, 0.6) is 0 Å². The number of nitrogens with zero attached hydrogens (tertiary/aromatic N) is 2. The van der Waals surface area contributed by atoms with Crippen LogP contribution in [0, 0.1) is 5.82 Å². The third kappa shape index (κ3) is 3.00. The highest BCUT2D eigenvalue weighted by Crippen LogP contribution is 2.26. The summed E-state index contributed by atoms with van der Waals surface area (Å²) in [5.74, 6) is -0.457. The molecule has 4 aromatic rings. The number of hydrogen-bond acceptors (Lipinski definition) is 2. The lowest BCUT2D eigenvalue weighted by molar-refractivity contribution is 0.573. The zero-order chi connectivity index (χ0) is 18.1. The molecule has 4 rings (SSSR count). The molecule has 0 bridgehead atoms. The lowest BCUT2D eigenvalue weighted by Crippen LogP contribution is -2.23. The minimum Gasteiger partial charge on any atom is -0.268 e. The van der Waals surface area contributed by atoms with E-state index in [1.165, 1.54) is 22.9 Å². The summed E-state index contributed by atoms with van der Waals surface area (Å²) in [6, 6.07) is 21.5. The topological polar surface area (TPSA) is 34.9 Å². The lowest BCUT2D eigenvalue weighted by Gasteiger charge is -2.11. The van der Waals surface area contributed by atoms with E-state index in [9.17, 15) is 9.18 Å². The molecule has 1 heterocycles. The fourth-order valence-electron chi connectivity index (χ4n) is 2.99. The molecule has 26 heavy (non-hydrogen) atoms. The molecule has 5 heteroatoms. The fourth-order valence-corrected chi connectivity index (χ4v) is 3.21. The van der Waals surface area contributed by atoms with Crippen LogP contribution in [0.15, 0.2) is 77.6 Å². The normalized spacial score (nSPS) is 11.0. The van der Waals surface area contributed by atoms with E-state index >= 15 is 0 Å². The molecule has 0 spiro atoms. The second kappa shape index (κ2) is 6.73. The number of fused-ring (bicyclic) bond motifs is 1. The largest absolute Gasteiger partial charge is 0.268 e. The Labute approximate surface area is 154 Å². The Morgan fingerprint density at radius 2 is 1.69 bits per heavy atom. The molecule has 0 aliphatic heterocycles. The highest BCUT2D eigenvalue weighted by atomic mass is 35.5. The molecule has 3 aromatic carbocycles. The van der Waals surface area contributed by atoms with E-state index in [1.807, 2.05) is 42.5 Å². The van der Waals surface area contributed by atoms with Crippen molar-refractivity contribution in [2.75, 3.05) is 0 Å². The van der Waals surface area contributed by atoms with Crippen molar-refractivity contribution in [1.29, 1.82) is 0 Å². The summed E-state index contributed by atoms with van der Waals surface area (Å²) >= 11 is 6.08. The summed E-state index contributed by atoms with van der Waals surface area (Å²) in [7, 11) is 0. The van der Waals surface area contributed by atoms with Crippen molar-refractivity contribution in [1.82, 2.24) is 9.78 Å². The van der Waals surface area contributed by atoms with E-state index in [-0.39, 0.29) is 22.7 Å². The molecule has 1 aromatic heterocycles. The van der Waals surface area contributed by atoms with Gasteiger partial charge in [0.2, 0.25) is 0 Å². The number of rotatable bonds is 3. The number of halogens is 2. The van der Waals surface area contributed by atoms with E-state index < -0.39 is 5.82 Å². The van der Waals surface area contributed by atoms with Gasteiger partial charge in [0.05, 0.1) is 12.2 Å². The first-order chi connectivity index (χ1) is 12.6. The second-order valence-corrected chi connectivity index (χ2v) is 6.35. The van der Waals surface area contributed by atoms with Crippen LogP contribution in [0.25, 0.3) is 22.0 Å². The fraction of sp³-hybridized carbons (Fsp3) is 0.0476. The molecule has 0 atom stereocenters. The molecule has 128 valence electrons. The number of aromatic nitrogens is 2. The van der Waals surface area contributed by atoms with Crippen LogP contribution < -0.4 is 5.56 Å². The molecule has 0 N–H and O–H groups in total. The van der Waals surface area contributed by atoms with Gasteiger partial charge in [-0.1, -0.05) is 60.1 Å². The first kappa shape index (κ1) is 16.5. The van der Waals surface area contributed by atoms with Crippen LogP contribution in [-0.2, 0) is 6.54 Å². The van der Waals surface area contributed by atoms with Crippen molar-refractivity contribution in [3.63, 3.8) is 0 Å². The quantitative estimate of drug-likeness (QED) is 0.518. The Balaban J connectivity index is 1.83. The maximum atomic E-state index is 14.1. The van der Waals surface area contributed by atoms with Crippen molar-refractivity contribution in [3.05, 3.63) is 99.6 Å². The SMILES string of the molecule is O=c1ccc(-c2cccc3ccccc23)nn1Cc1c(F)cccc1Cl. The third-order valence-electron chi connectivity index (χ3n) is 4.30. The highest BCUT2D eigenvalue weighted by molar-refractivity contribution is 6.31. The van der Waals surface area contributed by atoms with Gasteiger partial charge in [0.1, 0.15) is 5.82 Å². The summed E-state index contributed by atoms with van der Waals surface area (Å²) in [6.45, 7) is -0.0249. The Morgan fingerprint density at radius 3 is 2.54 bits per heavy atom. The van der Waals surface area contributed by atoms with Crippen LogP contribution in [0.4, 0.5) is 4.39 Å². The standard InChI is InChI=1S/C21H14ClFN2O/c22-18-9-4-10-19(23)17(18)13-25-21(26)12-11-20(24-25)16-8-3-6-14-5-1-2-7-15(14)16/h1-12H,13H2. The highest BCUT2D eigenvalue weighted by Gasteiger charge is 2.11. The molecule has 0 fully saturated rings. The number of benzene rings is 3. The first-order valence-corrected chi connectivity index (χ1v) is 8.50. The maximum absolute atomic E-state index is 14.1. The van der Waals surface area contributed by atoms with Gasteiger partial charge in [-0.05, 0) is 29.0 Å². The summed E-state index contributed by atoms with van der Waals surface area (Å²) in [5, 5.41) is 6.84. The molecule has 3 nitrogen and oxygen atoms in total. The van der Waals surface area contributed by atoms with E-state index in [2.05, 4.69) is 5.10 Å². The molecule has 0 saturated carbocycles. The molecular weight excluding hydrogens is 351 g/mol. The second-order valence-electron chi connectivity index (χ2n) is 5.94. The molecule has 0 saturated heterocycles. The van der Waals surface area contributed by atoms with Gasteiger partial charge < -0.3 is 0 Å².